The molecule has 41 heavy (non-hydrogen) atoms. The number of fused-ring (bicyclic) bond motifs is 3. The van der Waals surface area contributed by atoms with Gasteiger partial charge in [-0.05, 0) is 19.8 Å². The Labute approximate surface area is 245 Å². The quantitative estimate of drug-likeness (QED) is 0.347. The van der Waals surface area contributed by atoms with E-state index in [1.165, 1.54) is 11.3 Å². The summed E-state index contributed by atoms with van der Waals surface area (Å²) in [6, 6.07) is 11.1. The zero-order valence-corrected chi connectivity index (χ0v) is 24.8. The number of aliphatic hydroxyl groups is 1. The van der Waals surface area contributed by atoms with Crippen LogP contribution in [0.3, 0.4) is 0 Å². The second-order valence-electron chi connectivity index (χ2n) is 11.1. The molecule has 0 radical (unpaired) electrons. The third-order valence-corrected chi connectivity index (χ3v) is 10.4. The molecular weight excluding hydrogens is 559 g/mol. The van der Waals surface area contributed by atoms with Crippen LogP contribution in [0.2, 0.25) is 0 Å². The van der Waals surface area contributed by atoms with Crippen molar-refractivity contribution in [3.05, 3.63) is 40.4 Å². The van der Waals surface area contributed by atoms with Gasteiger partial charge in [-0.2, -0.15) is 9.78 Å². The monoisotopic (exact) mass is 589 g/mol. The second kappa shape index (κ2) is 10.1. The number of rotatable bonds is 7. The van der Waals surface area contributed by atoms with Crippen LogP contribution in [0.15, 0.2) is 24.3 Å². The lowest BCUT2D eigenvalue weighted by atomic mass is 9.87. The van der Waals surface area contributed by atoms with Gasteiger partial charge in [0, 0.05) is 50.9 Å². The van der Waals surface area contributed by atoms with Crippen LogP contribution in [0.4, 0.5) is 16.1 Å². The smallest absolute Gasteiger partial charge is 0.236 e. The number of nitrogens with zero attached hydrogens (tertiary/aromatic N) is 9. The number of amides is 1. The van der Waals surface area contributed by atoms with E-state index < -0.39 is 0 Å². The van der Waals surface area contributed by atoms with E-state index in [1.54, 1.807) is 16.2 Å². The molecule has 11 nitrogen and oxygen atoms in total. The fourth-order valence-electron chi connectivity index (χ4n) is 6.01. The fraction of sp³-hybridized carbons (Fsp3) is 0.464. The molecule has 4 fully saturated rings. The summed E-state index contributed by atoms with van der Waals surface area (Å²) in [4.78, 5) is 32.1. The van der Waals surface area contributed by atoms with Gasteiger partial charge < -0.3 is 19.8 Å². The van der Waals surface area contributed by atoms with E-state index >= 15 is 0 Å². The molecule has 1 aromatic carbocycles. The van der Waals surface area contributed by atoms with Crippen LogP contribution in [0, 0.1) is 18.3 Å². The average molecular weight is 590 g/mol. The van der Waals surface area contributed by atoms with Crippen LogP contribution < -0.4 is 9.80 Å². The maximum absolute atomic E-state index is 12.6. The van der Waals surface area contributed by atoms with Gasteiger partial charge in [0.25, 0.3) is 0 Å². The number of hydrogen-bond acceptors (Lipinski definition) is 11. The number of aryl methyl sites for hydroxylation is 2. The standard InChI is InChI=1S/C28H31N9O2S2/c1-4-21-25(33(3)26-31-24(22(10-29)40-26)17-7-5-16(2)6-8-17)37-27(30-21)41-28(32-37)35-11-18-9-19(12-35)36(18)15-23(39)34-13-20(38)14-34/h5-8,18-20,38H,4,9,11-15H2,1-3H3. The zero-order chi connectivity index (χ0) is 28.4. The number of thiazole rings is 1. The minimum absolute atomic E-state index is 0.109. The highest BCUT2D eigenvalue weighted by Crippen LogP contribution is 2.40. The van der Waals surface area contributed by atoms with Crippen LogP contribution in [0.1, 0.15) is 29.5 Å². The van der Waals surface area contributed by atoms with E-state index in [4.69, 9.17) is 15.1 Å². The van der Waals surface area contributed by atoms with Gasteiger partial charge in [-0.25, -0.2) is 9.97 Å². The Kier molecular flexibility index (Phi) is 6.46. The number of β-amino-alcohol motifs (C(OH)–C–C–N with tert-alkyl or cyclic N) is 1. The molecule has 4 aliphatic rings. The number of hydrogen-bond donors (Lipinski definition) is 1. The summed E-state index contributed by atoms with van der Waals surface area (Å²) in [5.74, 6) is 0.975. The highest BCUT2D eigenvalue weighted by molar-refractivity contribution is 7.20. The number of piperidine rings is 1. The largest absolute Gasteiger partial charge is 0.389 e. The highest BCUT2D eigenvalue weighted by Gasteiger charge is 2.47. The first-order valence-corrected chi connectivity index (χ1v) is 15.5. The van der Waals surface area contributed by atoms with Crippen LogP contribution in [0.5, 0.6) is 0 Å². The molecule has 3 aromatic heterocycles. The van der Waals surface area contributed by atoms with Gasteiger partial charge in [0.05, 0.1) is 18.3 Å². The lowest BCUT2D eigenvalue weighted by Gasteiger charge is -2.56. The molecule has 2 atom stereocenters. The van der Waals surface area contributed by atoms with E-state index in [9.17, 15) is 15.2 Å². The van der Waals surface area contributed by atoms with Crippen LogP contribution >= 0.6 is 22.7 Å². The predicted octanol–water partition coefficient (Wildman–Crippen LogP) is 2.89. The summed E-state index contributed by atoms with van der Waals surface area (Å²) >= 11 is 2.96. The summed E-state index contributed by atoms with van der Waals surface area (Å²) in [7, 11) is 1.96. The van der Waals surface area contributed by atoms with Crippen molar-refractivity contribution in [3.63, 3.8) is 0 Å². The fourth-order valence-corrected chi connectivity index (χ4v) is 7.79. The first kappa shape index (κ1) is 26.3. The molecule has 0 saturated carbocycles. The van der Waals surface area contributed by atoms with Gasteiger partial charge >= 0.3 is 0 Å². The van der Waals surface area contributed by atoms with Crippen molar-refractivity contribution in [1.82, 2.24) is 29.4 Å². The molecule has 2 unspecified atom stereocenters. The molecule has 4 aromatic rings. The van der Waals surface area contributed by atoms with Crippen molar-refractivity contribution in [2.24, 2.45) is 0 Å². The number of likely N-dealkylation sites (tertiary alicyclic amines) is 1. The molecule has 7 heterocycles. The number of piperazine rings is 1. The highest BCUT2D eigenvalue weighted by atomic mass is 32.1. The van der Waals surface area contributed by atoms with Crippen molar-refractivity contribution < 1.29 is 9.90 Å². The normalized spacial score (nSPS) is 20.7. The van der Waals surface area contributed by atoms with E-state index in [0.717, 1.165) is 63.8 Å². The number of carbonyl (C=O) groups excluding carboxylic acids is 1. The number of anilines is 3. The third-order valence-electron chi connectivity index (χ3n) is 8.37. The molecule has 1 amide bonds. The third kappa shape index (κ3) is 4.46. The predicted molar refractivity (Wildman–Crippen MR) is 159 cm³/mol. The Morgan fingerprint density at radius 1 is 1.15 bits per heavy atom. The Morgan fingerprint density at radius 2 is 1.88 bits per heavy atom. The number of carbonyl (C=O) groups is 1. The van der Waals surface area contributed by atoms with Gasteiger partial charge in [-0.1, -0.05) is 59.4 Å². The summed E-state index contributed by atoms with van der Waals surface area (Å²) in [5, 5.41) is 26.0. The number of nitriles is 1. The van der Waals surface area contributed by atoms with Gasteiger partial charge in [0.2, 0.25) is 16.0 Å². The van der Waals surface area contributed by atoms with Crippen LogP contribution in [-0.2, 0) is 11.2 Å². The van der Waals surface area contributed by atoms with Crippen molar-refractivity contribution in [1.29, 1.82) is 5.26 Å². The van der Waals surface area contributed by atoms with E-state index in [-0.39, 0.29) is 12.0 Å². The molecule has 8 rings (SSSR count). The van der Waals surface area contributed by atoms with Crippen molar-refractivity contribution in [3.8, 4) is 17.3 Å². The summed E-state index contributed by atoms with van der Waals surface area (Å²) in [5.41, 5.74) is 3.71. The molecule has 1 N–H and O–H groups in total. The molecule has 0 spiro atoms. The molecular formula is C28H31N9O2S2. The summed E-state index contributed by atoms with van der Waals surface area (Å²) in [6.45, 7) is 7.11. The second-order valence-corrected chi connectivity index (χ2v) is 13.0. The van der Waals surface area contributed by atoms with Crippen molar-refractivity contribution >= 4 is 49.6 Å². The van der Waals surface area contributed by atoms with Gasteiger partial charge in [-0.15, -0.1) is 5.10 Å². The first-order chi connectivity index (χ1) is 19.8. The minimum Gasteiger partial charge on any atom is -0.389 e. The van der Waals surface area contributed by atoms with E-state index in [2.05, 4.69) is 22.8 Å². The van der Waals surface area contributed by atoms with E-state index in [0.29, 0.717) is 42.3 Å². The summed E-state index contributed by atoms with van der Waals surface area (Å²) < 4.78 is 1.91. The summed E-state index contributed by atoms with van der Waals surface area (Å²) in [6.07, 6.45) is 1.47. The number of imidazole rings is 1. The molecule has 2 bridgehead atoms. The zero-order valence-electron chi connectivity index (χ0n) is 23.2. The SMILES string of the molecule is CCc1nc2sc(N3CC4CC(C3)N4CC(=O)N3CC(O)C3)nn2c1N(C)c1nc(-c2ccc(C)cc2)c(C#N)s1. The molecule has 4 saturated heterocycles. The lowest BCUT2D eigenvalue weighted by molar-refractivity contribution is -0.147. The molecule has 0 aliphatic carbocycles. The Bertz CT molecular complexity index is 1650. The maximum atomic E-state index is 12.6. The first-order valence-electron chi connectivity index (χ1n) is 13.9. The van der Waals surface area contributed by atoms with E-state index in [1.807, 2.05) is 47.7 Å². The van der Waals surface area contributed by atoms with Crippen molar-refractivity contribution in [2.75, 3.05) is 49.6 Å². The van der Waals surface area contributed by atoms with Crippen LogP contribution in [-0.4, -0.2) is 98.4 Å². The maximum Gasteiger partial charge on any atom is 0.236 e. The van der Waals surface area contributed by atoms with Crippen molar-refractivity contribution in [2.45, 2.75) is 44.9 Å². The van der Waals surface area contributed by atoms with Gasteiger partial charge in [-0.3, -0.25) is 9.69 Å². The Morgan fingerprint density at radius 3 is 2.54 bits per heavy atom. The molecule has 4 aliphatic heterocycles. The average Bonchev–Trinajstić information content (AvgIpc) is 3.67. The van der Waals surface area contributed by atoms with Crippen LogP contribution in [0.25, 0.3) is 16.2 Å². The lowest BCUT2D eigenvalue weighted by Crippen LogP contribution is -2.70. The number of benzene rings is 1. The number of aliphatic hydroxyl groups excluding tert-OH is 1. The Balaban J connectivity index is 1.12. The van der Waals surface area contributed by atoms with Gasteiger partial charge in [0.1, 0.15) is 16.6 Å². The molecule has 13 heteroatoms. The number of aromatic nitrogens is 4. The Hall–Kier alpha value is -3.57. The molecule has 212 valence electrons. The minimum atomic E-state index is -0.370. The topological polar surface area (TPSA) is 117 Å². The van der Waals surface area contributed by atoms with Gasteiger partial charge in [0.15, 0.2) is 10.9 Å².